The molecule has 0 aliphatic carbocycles. The normalized spacial score (nSPS) is 15.4. The molecule has 1 N–H and O–H groups in total. The fourth-order valence-electron chi connectivity index (χ4n) is 3.11. The molecule has 2 aromatic carbocycles. The summed E-state index contributed by atoms with van der Waals surface area (Å²) in [5.41, 5.74) is 1.33. The van der Waals surface area contributed by atoms with Gasteiger partial charge in [-0.05, 0) is 48.6 Å². The van der Waals surface area contributed by atoms with Crippen LogP contribution < -0.4 is 5.32 Å². The average Bonchev–Trinajstić information content (AvgIpc) is 2.68. The van der Waals surface area contributed by atoms with Gasteiger partial charge in [-0.3, -0.25) is 9.59 Å². The molecule has 1 fully saturated rings. The van der Waals surface area contributed by atoms with Crippen LogP contribution in [0.15, 0.2) is 54.2 Å². The second-order valence-corrected chi connectivity index (χ2v) is 7.87. The number of hydrogen-bond acceptors (Lipinski definition) is 2. The first-order valence-corrected chi connectivity index (χ1v) is 10.0. The standard InChI is InChI=1S/C22H22Cl2N2O2/c1-15-9-11-26(12-10-15)22(28)20(13-16-5-3-2-4-6-16)25-21(27)18-8-7-17(23)14-19(18)24/h2-8,13-15H,9-12H2,1H3,(H,25,27)/b20-13-. The van der Waals surface area contributed by atoms with Crippen molar-refractivity contribution in [2.24, 2.45) is 5.92 Å². The van der Waals surface area contributed by atoms with Crippen LogP contribution in [0.25, 0.3) is 6.08 Å². The maximum absolute atomic E-state index is 13.1. The number of piperidine rings is 1. The topological polar surface area (TPSA) is 49.4 Å². The van der Waals surface area contributed by atoms with E-state index in [0.717, 1.165) is 18.4 Å². The highest BCUT2D eigenvalue weighted by Crippen LogP contribution is 2.22. The zero-order valence-electron chi connectivity index (χ0n) is 15.6. The minimum atomic E-state index is -0.442. The molecule has 1 heterocycles. The van der Waals surface area contributed by atoms with Gasteiger partial charge < -0.3 is 10.2 Å². The molecule has 28 heavy (non-hydrogen) atoms. The molecule has 0 unspecified atom stereocenters. The van der Waals surface area contributed by atoms with Crippen molar-refractivity contribution in [1.29, 1.82) is 0 Å². The fourth-order valence-corrected chi connectivity index (χ4v) is 3.61. The molecule has 3 rings (SSSR count). The van der Waals surface area contributed by atoms with Crippen molar-refractivity contribution in [3.63, 3.8) is 0 Å². The lowest BCUT2D eigenvalue weighted by Crippen LogP contribution is -2.42. The lowest BCUT2D eigenvalue weighted by molar-refractivity contribution is -0.128. The highest BCUT2D eigenvalue weighted by atomic mass is 35.5. The molecule has 0 bridgehead atoms. The van der Waals surface area contributed by atoms with Gasteiger partial charge in [0.1, 0.15) is 5.70 Å². The van der Waals surface area contributed by atoms with Crippen LogP contribution in [0.5, 0.6) is 0 Å². The van der Waals surface area contributed by atoms with Gasteiger partial charge in [0.05, 0.1) is 10.6 Å². The number of carbonyl (C=O) groups is 2. The van der Waals surface area contributed by atoms with E-state index in [9.17, 15) is 9.59 Å². The Hall–Kier alpha value is -2.30. The summed E-state index contributed by atoms with van der Waals surface area (Å²) in [5, 5.41) is 3.44. The molecule has 1 aliphatic rings. The largest absolute Gasteiger partial charge is 0.337 e. The molecule has 0 atom stereocenters. The lowest BCUT2D eigenvalue weighted by Gasteiger charge is -2.31. The summed E-state index contributed by atoms with van der Waals surface area (Å²) in [4.78, 5) is 27.7. The Labute approximate surface area is 175 Å². The van der Waals surface area contributed by atoms with Crippen molar-refractivity contribution in [3.05, 3.63) is 75.4 Å². The van der Waals surface area contributed by atoms with E-state index in [1.807, 2.05) is 30.3 Å². The SMILES string of the molecule is CC1CCN(C(=O)/C(=C/c2ccccc2)NC(=O)c2ccc(Cl)cc2Cl)CC1. The number of rotatable bonds is 4. The van der Waals surface area contributed by atoms with Crippen LogP contribution in [0.2, 0.25) is 10.0 Å². The third kappa shape index (κ3) is 5.15. The number of likely N-dealkylation sites (tertiary alicyclic amines) is 1. The van der Waals surface area contributed by atoms with E-state index in [4.69, 9.17) is 23.2 Å². The van der Waals surface area contributed by atoms with Crippen molar-refractivity contribution in [1.82, 2.24) is 10.2 Å². The molecular weight excluding hydrogens is 395 g/mol. The van der Waals surface area contributed by atoms with Crippen LogP contribution in [-0.2, 0) is 4.79 Å². The highest BCUT2D eigenvalue weighted by Gasteiger charge is 2.25. The van der Waals surface area contributed by atoms with Crippen LogP contribution in [0.4, 0.5) is 0 Å². The molecule has 2 aromatic rings. The predicted molar refractivity (Wildman–Crippen MR) is 113 cm³/mol. The fraction of sp³-hybridized carbons (Fsp3) is 0.273. The molecule has 0 radical (unpaired) electrons. The summed E-state index contributed by atoms with van der Waals surface area (Å²) >= 11 is 12.1. The second-order valence-electron chi connectivity index (χ2n) is 7.02. The van der Waals surface area contributed by atoms with E-state index in [1.54, 1.807) is 23.1 Å². The highest BCUT2D eigenvalue weighted by molar-refractivity contribution is 6.36. The van der Waals surface area contributed by atoms with Gasteiger partial charge in [-0.1, -0.05) is 60.5 Å². The third-order valence-electron chi connectivity index (χ3n) is 4.84. The average molecular weight is 417 g/mol. The molecule has 1 aliphatic heterocycles. The maximum Gasteiger partial charge on any atom is 0.270 e. The van der Waals surface area contributed by atoms with Crippen LogP contribution in [0, 0.1) is 5.92 Å². The first-order valence-electron chi connectivity index (χ1n) is 9.26. The molecule has 0 saturated carbocycles. The molecule has 4 nitrogen and oxygen atoms in total. The predicted octanol–water partition coefficient (Wildman–Crippen LogP) is 5.02. The summed E-state index contributed by atoms with van der Waals surface area (Å²) in [6, 6.07) is 14.1. The van der Waals surface area contributed by atoms with Crippen molar-refractivity contribution in [3.8, 4) is 0 Å². The minimum Gasteiger partial charge on any atom is -0.337 e. The Morgan fingerprint density at radius 1 is 1.07 bits per heavy atom. The summed E-state index contributed by atoms with van der Waals surface area (Å²) < 4.78 is 0. The summed E-state index contributed by atoms with van der Waals surface area (Å²) in [7, 11) is 0. The second kappa shape index (κ2) is 9.26. The lowest BCUT2D eigenvalue weighted by atomic mass is 9.99. The molecule has 0 aromatic heterocycles. The van der Waals surface area contributed by atoms with E-state index < -0.39 is 5.91 Å². The maximum atomic E-state index is 13.1. The molecule has 0 spiro atoms. The minimum absolute atomic E-state index is 0.186. The van der Waals surface area contributed by atoms with Crippen molar-refractivity contribution < 1.29 is 9.59 Å². The van der Waals surface area contributed by atoms with E-state index in [1.165, 1.54) is 6.07 Å². The number of carbonyl (C=O) groups excluding carboxylic acids is 2. The van der Waals surface area contributed by atoms with E-state index in [0.29, 0.717) is 24.0 Å². The molecule has 2 amide bonds. The van der Waals surface area contributed by atoms with Gasteiger partial charge in [-0.25, -0.2) is 0 Å². The van der Waals surface area contributed by atoms with Gasteiger partial charge in [-0.15, -0.1) is 0 Å². The Bertz CT molecular complexity index is 889. The molecule has 6 heteroatoms. The van der Waals surface area contributed by atoms with E-state index >= 15 is 0 Å². The molecule has 146 valence electrons. The van der Waals surface area contributed by atoms with Gasteiger partial charge in [0.25, 0.3) is 11.8 Å². The van der Waals surface area contributed by atoms with E-state index in [-0.39, 0.29) is 22.2 Å². The summed E-state index contributed by atoms with van der Waals surface area (Å²) in [6.45, 7) is 3.56. The first-order chi connectivity index (χ1) is 13.4. The van der Waals surface area contributed by atoms with Gasteiger partial charge in [0.15, 0.2) is 0 Å². The zero-order valence-corrected chi connectivity index (χ0v) is 17.1. The molecule has 1 saturated heterocycles. The third-order valence-corrected chi connectivity index (χ3v) is 5.38. The van der Waals surface area contributed by atoms with E-state index in [2.05, 4.69) is 12.2 Å². The first kappa shape index (κ1) is 20.4. The van der Waals surface area contributed by atoms with Gasteiger partial charge in [0, 0.05) is 18.1 Å². The molecular formula is C22H22Cl2N2O2. The summed E-state index contributed by atoms with van der Waals surface area (Å²) in [5.74, 6) is -0.0233. The van der Waals surface area contributed by atoms with Gasteiger partial charge >= 0.3 is 0 Å². The van der Waals surface area contributed by atoms with Crippen LogP contribution in [-0.4, -0.2) is 29.8 Å². The number of hydrogen-bond donors (Lipinski definition) is 1. The van der Waals surface area contributed by atoms with Crippen molar-refractivity contribution >= 4 is 41.1 Å². The Balaban J connectivity index is 1.87. The number of nitrogens with one attached hydrogen (secondary N) is 1. The Kier molecular flexibility index (Phi) is 6.76. The van der Waals surface area contributed by atoms with Crippen molar-refractivity contribution in [2.75, 3.05) is 13.1 Å². The summed E-state index contributed by atoms with van der Waals surface area (Å²) in [6.07, 6.45) is 3.62. The Morgan fingerprint density at radius 3 is 2.39 bits per heavy atom. The smallest absolute Gasteiger partial charge is 0.270 e. The number of halogens is 2. The zero-order chi connectivity index (χ0) is 20.1. The Morgan fingerprint density at radius 2 is 1.75 bits per heavy atom. The van der Waals surface area contributed by atoms with Gasteiger partial charge in [-0.2, -0.15) is 0 Å². The van der Waals surface area contributed by atoms with Crippen molar-refractivity contribution in [2.45, 2.75) is 19.8 Å². The number of amides is 2. The van der Waals surface area contributed by atoms with Crippen LogP contribution in [0.3, 0.4) is 0 Å². The van der Waals surface area contributed by atoms with Crippen LogP contribution in [0.1, 0.15) is 35.7 Å². The number of nitrogens with zero attached hydrogens (tertiary/aromatic N) is 1. The van der Waals surface area contributed by atoms with Crippen LogP contribution >= 0.6 is 23.2 Å². The monoisotopic (exact) mass is 416 g/mol. The quantitative estimate of drug-likeness (QED) is 0.710. The van der Waals surface area contributed by atoms with Gasteiger partial charge in [0.2, 0.25) is 0 Å². The number of benzene rings is 2.